The Morgan fingerprint density at radius 1 is 0.400 bits per heavy atom. The van der Waals surface area contributed by atoms with Crippen LogP contribution in [0.25, 0.3) is 88.4 Å². The minimum absolute atomic E-state index is 0.0883. The fourth-order valence-corrected chi connectivity index (χ4v) is 15.3. The third kappa shape index (κ3) is 9.52. The molecule has 448 valence electrons. The molecule has 0 aliphatic carbocycles. The van der Waals surface area contributed by atoms with Crippen LogP contribution in [0.3, 0.4) is 0 Å². The first-order valence-electron chi connectivity index (χ1n) is 32.9. The van der Waals surface area contributed by atoms with Crippen LogP contribution in [0.15, 0.2) is 243 Å². The zero-order valence-corrected chi connectivity index (χ0v) is 54.9. The van der Waals surface area contributed by atoms with Gasteiger partial charge in [-0.3, -0.25) is 0 Å². The summed E-state index contributed by atoms with van der Waals surface area (Å²) >= 11 is 0. The van der Waals surface area contributed by atoms with Gasteiger partial charge in [-0.25, -0.2) is 0 Å². The molecule has 0 amide bonds. The maximum atomic E-state index is 11.0. The largest absolute Gasteiger partial charge is 0.458 e. The van der Waals surface area contributed by atoms with E-state index in [1.54, 1.807) is 0 Å². The molecule has 0 saturated carbocycles. The minimum atomic E-state index is -0.492. The van der Waals surface area contributed by atoms with E-state index in [-0.39, 0.29) is 49.1 Å². The molecule has 4 heterocycles. The molecule has 100 heavy (non-hydrogen) atoms. The molecular formula is C84H49B9N6O. The van der Waals surface area contributed by atoms with E-state index >= 15 is 0 Å². The Labute approximate surface area is 591 Å². The standard InChI is InChI=1S/C84H49B9N6O/c1-84(2,3)51-30-36-66(59(42-51)48-17-7-4-8-18-48)99-67-43-54(97-82-71(73(85)75(87)77(89)79(82)91)72-74(86)76(88)78(90)80(92)83(72)97)31-33-60(67)93-61-32-29-49(57-37-46(44-94)27-34-64(57)96(52-19-9-5-10-20-52)53-21-11-6-12-22-53)40-69(61)100-70-41-50(39-68(99)81(70)93)58-38-47(45-95)28-35-65(58)98-62-25-15-13-23-55(62)56-24-14-16-26-63(56)98/h4-43H,1-3H3. The number of anilines is 6. The molecular weight excluding hydrogens is 1210 g/mol. The molecule has 0 spiro atoms. The SMILES string of the molecule is [B]c1c([B])c([B])c2c(c1[B])c1c([B])c([B])c([B])c([B])c1n2-c1ccc2c(c1)N(c1ccc(C(C)(C)C)cc1-c1ccccc1)c1cc(-c3cc(C#N)ccc3-n3c4ccccc4c4ccccc43)cc3c1B2c1ccc(-c2cc(C#N)ccc2N(c2ccccc2)c2ccccc2)cc1O3. The van der Waals surface area contributed by atoms with Crippen LogP contribution in [0.4, 0.5) is 34.1 Å². The maximum absolute atomic E-state index is 11.0. The monoisotopic (exact) mass is 1260 g/mol. The van der Waals surface area contributed by atoms with Crippen molar-refractivity contribution in [3.8, 4) is 68.4 Å². The number of ether oxygens (including phenoxy) is 1. The number of nitriles is 2. The summed E-state index contributed by atoms with van der Waals surface area (Å²) < 4.78 is 11.9. The summed E-state index contributed by atoms with van der Waals surface area (Å²) in [7, 11) is 55.6. The van der Waals surface area contributed by atoms with E-state index in [2.05, 4.69) is 205 Å². The van der Waals surface area contributed by atoms with Crippen molar-refractivity contribution in [3.63, 3.8) is 0 Å². The fraction of sp³-hybridized carbons (Fsp3) is 0.0476. The molecule has 2 aromatic heterocycles. The molecule has 17 rings (SSSR count). The van der Waals surface area contributed by atoms with Crippen LogP contribution >= 0.6 is 0 Å². The molecule has 0 fully saturated rings. The molecule has 0 saturated heterocycles. The first-order valence-corrected chi connectivity index (χ1v) is 32.9. The van der Waals surface area contributed by atoms with Crippen LogP contribution in [0.2, 0.25) is 0 Å². The van der Waals surface area contributed by atoms with Crippen molar-refractivity contribution in [2.45, 2.75) is 26.2 Å². The third-order valence-corrected chi connectivity index (χ3v) is 20.1. The molecule has 13 aromatic carbocycles. The van der Waals surface area contributed by atoms with E-state index in [9.17, 15) is 10.5 Å². The van der Waals surface area contributed by atoms with Crippen molar-refractivity contribution in [1.29, 1.82) is 10.5 Å². The summed E-state index contributed by atoms with van der Waals surface area (Å²) in [6, 6.07) is 88.2. The lowest BCUT2D eigenvalue weighted by Crippen LogP contribution is -2.59. The highest BCUT2D eigenvalue weighted by molar-refractivity contribution is 6.99. The molecule has 7 nitrogen and oxygen atoms in total. The van der Waals surface area contributed by atoms with E-state index in [1.165, 1.54) is 0 Å². The van der Waals surface area contributed by atoms with Crippen LogP contribution in [0.5, 0.6) is 11.5 Å². The molecule has 0 atom stereocenters. The molecule has 16 radical (unpaired) electrons. The van der Waals surface area contributed by atoms with Gasteiger partial charge in [-0.15, -0.1) is 21.9 Å². The van der Waals surface area contributed by atoms with Gasteiger partial charge in [-0.1, -0.05) is 170 Å². The van der Waals surface area contributed by atoms with E-state index in [4.69, 9.17) is 67.5 Å². The Morgan fingerprint density at radius 3 is 1.52 bits per heavy atom. The highest BCUT2D eigenvalue weighted by Gasteiger charge is 2.44. The number of aromatic nitrogens is 2. The Kier molecular flexibility index (Phi) is 14.6. The number of para-hydroxylation sites is 4. The van der Waals surface area contributed by atoms with Crippen molar-refractivity contribution in [2.24, 2.45) is 0 Å². The van der Waals surface area contributed by atoms with Gasteiger partial charge in [0.25, 0.3) is 6.71 Å². The second-order valence-corrected chi connectivity index (χ2v) is 26.8. The molecule has 2 aliphatic rings. The molecule has 15 aromatic rings. The van der Waals surface area contributed by atoms with Crippen LogP contribution in [0, 0.1) is 22.7 Å². The van der Waals surface area contributed by atoms with Crippen LogP contribution in [-0.4, -0.2) is 78.6 Å². The normalized spacial score (nSPS) is 12.3. The van der Waals surface area contributed by atoms with E-state index in [0.717, 1.165) is 117 Å². The van der Waals surface area contributed by atoms with Gasteiger partial charge in [0.15, 0.2) is 0 Å². The van der Waals surface area contributed by atoms with Gasteiger partial charge in [0.1, 0.15) is 74.3 Å². The molecule has 0 bridgehead atoms. The van der Waals surface area contributed by atoms with Gasteiger partial charge in [0, 0.05) is 66.9 Å². The minimum Gasteiger partial charge on any atom is -0.458 e. The Balaban J connectivity index is 0.998. The highest BCUT2D eigenvalue weighted by atomic mass is 16.5. The summed E-state index contributed by atoms with van der Waals surface area (Å²) in [5.41, 5.74) is 20.2. The Hall–Kier alpha value is -11.6. The zero-order chi connectivity index (χ0) is 68.7. The van der Waals surface area contributed by atoms with E-state index in [1.807, 2.05) is 89.5 Å². The summed E-state index contributed by atoms with van der Waals surface area (Å²) in [5.74, 6) is 1.20. The summed E-state index contributed by atoms with van der Waals surface area (Å²) in [6.07, 6.45) is 0. The van der Waals surface area contributed by atoms with Gasteiger partial charge in [0.05, 0.1) is 51.4 Å². The van der Waals surface area contributed by atoms with Crippen molar-refractivity contribution in [1.82, 2.24) is 9.13 Å². The highest BCUT2D eigenvalue weighted by Crippen LogP contribution is 2.50. The summed E-state index contributed by atoms with van der Waals surface area (Å²) in [5, 5.41) is 24.6. The number of fused-ring (bicyclic) bond motifs is 10. The van der Waals surface area contributed by atoms with Crippen LogP contribution in [0.1, 0.15) is 37.5 Å². The second-order valence-electron chi connectivity index (χ2n) is 26.8. The fourth-order valence-electron chi connectivity index (χ4n) is 15.3. The molecule has 0 N–H and O–H groups in total. The van der Waals surface area contributed by atoms with Crippen LogP contribution in [-0.2, 0) is 5.41 Å². The van der Waals surface area contributed by atoms with Gasteiger partial charge < -0.3 is 23.7 Å². The Bertz CT molecular complexity index is 5920. The third-order valence-electron chi connectivity index (χ3n) is 20.1. The second kappa shape index (κ2) is 23.6. The first-order chi connectivity index (χ1) is 48.5. The van der Waals surface area contributed by atoms with Gasteiger partial charge in [0.2, 0.25) is 0 Å². The lowest BCUT2D eigenvalue weighted by atomic mass is 9.34. The van der Waals surface area contributed by atoms with Crippen molar-refractivity contribution in [2.75, 3.05) is 9.80 Å². The van der Waals surface area contributed by atoms with Gasteiger partial charge in [-0.2, -0.15) is 10.5 Å². The zero-order valence-electron chi connectivity index (χ0n) is 54.9. The lowest BCUT2D eigenvalue weighted by molar-refractivity contribution is 0.488. The number of hydrogen-bond donors (Lipinski definition) is 0. The molecule has 2 aliphatic heterocycles. The smallest absolute Gasteiger partial charge is 0.256 e. The Morgan fingerprint density at radius 2 is 0.920 bits per heavy atom. The number of benzene rings is 13. The molecule has 16 heteroatoms. The lowest BCUT2D eigenvalue weighted by Gasteiger charge is -2.41. The van der Waals surface area contributed by atoms with Gasteiger partial charge in [-0.05, 0) is 170 Å². The predicted molar refractivity (Wildman–Crippen MR) is 423 cm³/mol. The first kappa shape index (κ1) is 62.0. The molecule has 0 unspecified atom stereocenters. The van der Waals surface area contributed by atoms with Crippen molar-refractivity contribution >= 4 is 207 Å². The quantitative estimate of drug-likeness (QED) is 0.135. The predicted octanol–water partition coefficient (Wildman–Crippen LogP) is 10.1. The summed E-state index contributed by atoms with van der Waals surface area (Å²) in [6.45, 7) is 6.18. The number of rotatable bonds is 9. The number of nitrogens with zero attached hydrogens (tertiary/aromatic N) is 6. The summed E-state index contributed by atoms with van der Waals surface area (Å²) in [4.78, 5) is 4.55. The average molecular weight is 1260 g/mol. The topological polar surface area (TPSA) is 73.2 Å². The van der Waals surface area contributed by atoms with Gasteiger partial charge >= 0.3 is 0 Å². The van der Waals surface area contributed by atoms with Crippen molar-refractivity contribution < 1.29 is 4.74 Å². The maximum Gasteiger partial charge on any atom is 0.256 e. The van der Waals surface area contributed by atoms with Crippen molar-refractivity contribution in [3.05, 3.63) is 259 Å². The van der Waals surface area contributed by atoms with Crippen LogP contribution < -0.4 is 74.6 Å². The van der Waals surface area contributed by atoms with E-state index < -0.39 is 6.71 Å². The van der Waals surface area contributed by atoms with E-state index in [0.29, 0.717) is 50.1 Å². The number of hydrogen-bond acceptors (Lipinski definition) is 5. The average Bonchev–Trinajstić information content (AvgIpc) is 0.933.